The minimum atomic E-state index is -0.665. The van der Waals surface area contributed by atoms with Gasteiger partial charge in [-0.15, -0.1) is 0 Å². The zero-order valence-corrected chi connectivity index (χ0v) is 12.0. The Labute approximate surface area is 114 Å². The molecular weight excluding hydrogens is 244 g/mol. The Morgan fingerprint density at radius 3 is 2.11 bits per heavy atom. The van der Waals surface area contributed by atoms with Crippen molar-refractivity contribution in [3.63, 3.8) is 0 Å². The predicted molar refractivity (Wildman–Crippen MR) is 75.1 cm³/mol. The molecule has 0 saturated heterocycles. The second-order valence-electron chi connectivity index (χ2n) is 4.27. The molecule has 4 nitrogen and oxygen atoms in total. The van der Waals surface area contributed by atoms with Gasteiger partial charge in [0.1, 0.15) is 5.75 Å². The van der Waals surface area contributed by atoms with Crippen molar-refractivity contribution in [2.75, 3.05) is 21.3 Å². The summed E-state index contributed by atoms with van der Waals surface area (Å²) in [5.41, 5.74) is 1.67. The van der Waals surface area contributed by atoms with E-state index in [9.17, 15) is 5.11 Å². The molecule has 1 unspecified atom stereocenters. The minimum absolute atomic E-state index is 0.502. The Hall–Kier alpha value is -1.68. The molecule has 0 radical (unpaired) electrons. The zero-order chi connectivity index (χ0) is 14.4. The molecule has 0 aromatic heterocycles. The van der Waals surface area contributed by atoms with Gasteiger partial charge in [0.25, 0.3) is 0 Å². The van der Waals surface area contributed by atoms with Crippen LogP contribution in [0.4, 0.5) is 0 Å². The lowest BCUT2D eigenvalue weighted by molar-refractivity contribution is 0.172. The van der Waals surface area contributed by atoms with Gasteiger partial charge in [-0.05, 0) is 18.9 Å². The topological polar surface area (TPSA) is 47.9 Å². The van der Waals surface area contributed by atoms with E-state index in [1.165, 1.54) is 0 Å². The molecular formula is C15H22O4. The molecule has 0 saturated carbocycles. The summed E-state index contributed by atoms with van der Waals surface area (Å²) in [6.07, 6.45) is 0.678. The predicted octanol–water partition coefficient (Wildman–Crippen LogP) is 3.10. The summed E-state index contributed by atoms with van der Waals surface area (Å²) in [5, 5.41) is 10.3. The Kier molecular flexibility index (Phi) is 5.70. The number of methoxy groups -OCH3 is 3. The number of aliphatic hydroxyl groups excluding tert-OH is 1. The third-order valence-electron chi connectivity index (χ3n) is 3.08. The van der Waals surface area contributed by atoms with E-state index in [2.05, 4.69) is 6.58 Å². The van der Waals surface area contributed by atoms with Crippen LogP contribution in [0.3, 0.4) is 0 Å². The fourth-order valence-corrected chi connectivity index (χ4v) is 1.84. The first-order valence-corrected chi connectivity index (χ1v) is 6.21. The number of ether oxygens (including phenoxy) is 3. The van der Waals surface area contributed by atoms with Crippen LogP contribution in [0.1, 0.15) is 31.4 Å². The molecule has 0 bridgehead atoms. The highest BCUT2D eigenvalue weighted by Crippen LogP contribution is 2.39. The van der Waals surface area contributed by atoms with Gasteiger partial charge in [0.05, 0.1) is 27.4 Å². The first-order chi connectivity index (χ1) is 9.07. The van der Waals surface area contributed by atoms with E-state index in [1.54, 1.807) is 33.5 Å². The van der Waals surface area contributed by atoms with Crippen LogP contribution in [0.2, 0.25) is 0 Å². The third-order valence-corrected chi connectivity index (χ3v) is 3.08. The van der Waals surface area contributed by atoms with Crippen molar-refractivity contribution in [1.29, 1.82) is 0 Å². The van der Waals surface area contributed by atoms with E-state index < -0.39 is 6.10 Å². The summed E-state index contributed by atoms with van der Waals surface area (Å²) >= 11 is 0. The van der Waals surface area contributed by atoms with Gasteiger partial charge in [0, 0.05) is 11.6 Å². The maximum atomic E-state index is 10.3. The molecule has 0 spiro atoms. The summed E-state index contributed by atoms with van der Waals surface area (Å²) in [7, 11) is 4.68. The lowest BCUT2D eigenvalue weighted by Gasteiger charge is -2.18. The number of aliphatic hydroxyl groups is 1. The molecule has 1 aromatic carbocycles. The first-order valence-electron chi connectivity index (χ1n) is 6.21. The molecule has 19 heavy (non-hydrogen) atoms. The molecule has 0 aliphatic rings. The van der Waals surface area contributed by atoms with Gasteiger partial charge in [-0.3, -0.25) is 0 Å². The number of hydrogen-bond acceptors (Lipinski definition) is 4. The van der Waals surface area contributed by atoms with Crippen molar-refractivity contribution in [2.45, 2.75) is 25.9 Å². The Morgan fingerprint density at radius 1 is 1.11 bits per heavy atom. The average Bonchev–Trinajstić information content (AvgIpc) is 2.45. The second-order valence-corrected chi connectivity index (χ2v) is 4.27. The van der Waals surface area contributed by atoms with E-state index >= 15 is 0 Å². The molecule has 106 valence electrons. The van der Waals surface area contributed by atoms with Crippen LogP contribution in [0, 0.1) is 0 Å². The van der Waals surface area contributed by atoms with Gasteiger partial charge in [-0.1, -0.05) is 19.1 Å². The SMILES string of the molecule is C=C(CC)CC(O)c1cc(OC)c(OC)cc1OC. The smallest absolute Gasteiger partial charge is 0.164 e. The number of rotatable bonds is 7. The molecule has 0 fully saturated rings. The van der Waals surface area contributed by atoms with Gasteiger partial charge in [-0.2, -0.15) is 0 Å². The van der Waals surface area contributed by atoms with Crippen LogP contribution in [0.5, 0.6) is 17.2 Å². The van der Waals surface area contributed by atoms with Crippen LogP contribution in [0.25, 0.3) is 0 Å². The summed E-state index contributed by atoms with van der Waals surface area (Å²) in [6, 6.07) is 3.46. The second kappa shape index (κ2) is 7.04. The third kappa shape index (κ3) is 3.64. The molecule has 4 heteroatoms. The lowest BCUT2D eigenvalue weighted by atomic mass is 9.99. The van der Waals surface area contributed by atoms with Gasteiger partial charge in [0.15, 0.2) is 11.5 Å². The molecule has 0 amide bonds. The summed E-state index contributed by atoms with van der Waals surface area (Å²) in [4.78, 5) is 0. The van der Waals surface area contributed by atoms with Crippen LogP contribution >= 0.6 is 0 Å². The molecule has 1 rings (SSSR count). The fourth-order valence-electron chi connectivity index (χ4n) is 1.84. The quantitative estimate of drug-likeness (QED) is 0.770. The highest BCUT2D eigenvalue weighted by atomic mass is 16.5. The van der Waals surface area contributed by atoms with Crippen molar-refractivity contribution in [1.82, 2.24) is 0 Å². The van der Waals surface area contributed by atoms with Gasteiger partial charge < -0.3 is 19.3 Å². The first kappa shape index (κ1) is 15.4. The van der Waals surface area contributed by atoms with Crippen LogP contribution in [-0.2, 0) is 0 Å². The molecule has 1 atom stereocenters. The van der Waals surface area contributed by atoms with Crippen LogP contribution in [0.15, 0.2) is 24.3 Å². The summed E-state index contributed by atoms with van der Waals surface area (Å²) < 4.78 is 15.8. The summed E-state index contributed by atoms with van der Waals surface area (Å²) in [6.45, 7) is 5.93. The van der Waals surface area contributed by atoms with Gasteiger partial charge in [-0.25, -0.2) is 0 Å². The largest absolute Gasteiger partial charge is 0.496 e. The molecule has 0 heterocycles. The lowest BCUT2D eigenvalue weighted by Crippen LogP contribution is -2.03. The van der Waals surface area contributed by atoms with E-state index in [4.69, 9.17) is 14.2 Å². The summed E-state index contributed by atoms with van der Waals surface area (Å²) in [5.74, 6) is 1.72. The normalized spacial score (nSPS) is 11.8. The van der Waals surface area contributed by atoms with Crippen molar-refractivity contribution < 1.29 is 19.3 Å². The zero-order valence-electron chi connectivity index (χ0n) is 12.0. The standard InChI is InChI=1S/C15H22O4/c1-6-10(2)7-12(16)11-8-14(18-4)15(19-5)9-13(11)17-3/h8-9,12,16H,2,6-7H2,1,3-5H3. The van der Waals surface area contributed by atoms with E-state index in [1.807, 2.05) is 6.92 Å². The Bertz CT molecular complexity index is 440. The molecule has 0 aliphatic carbocycles. The maximum absolute atomic E-state index is 10.3. The molecule has 1 N–H and O–H groups in total. The molecule has 1 aromatic rings. The molecule has 0 aliphatic heterocycles. The van der Waals surface area contributed by atoms with Crippen molar-refractivity contribution in [2.24, 2.45) is 0 Å². The van der Waals surface area contributed by atoms with Crippen LogP contribution < -0.4 is 14.2 Å². The van der Waals surface area contributed by atoms with E-state index in [0.29, 0.717) is 29.2 Å². The highest BCUT2D eigenvalue weighted by Gasteiger charge is 2.18. The Balaban J connectivity index is 3.14. The van der Waals surface area contributed by atoms with Crippen molar-refractivity contribution in [3.8, 4) is 17.2 Å². The fraction of sp³-hybridized carbons (Fsp3) is 0.467. The minimum Gasteiger partial charge on any atom is -0.496 e. The van der Waals surface area contributed by atoms with Crippen molar-refractivity contribution in [3.05, 3.63) is 29.8 Å². The van der Waals surface area contributed by atoms with E-state index in [0.717, 1.165) is 12.0 Å². The van der Waals surface area contributed by atoms with Crippen molar-refractivity contribution >= 4 is 0 Å². The van der Waals surface area contributed by atoms with E-state index in [-0.39, 0.29) is 0 Å². The highest BCUT2D eigenvalue weighted by molar-refractivity contribution is 5.51. The van der Waals surface area contributed by atoms with Gasteiger partial charge in [0.2, 0.25) is 0 Å². The maximum Gasteiger partial charge on any atom is 0.164 e. The number of benzene rings is 1. The van der Waals surface area contributed by atoms with Crippen LogP contribution in [-0.4, -0.2) is 26.4 Å². The monoisotopic (exact) mass is 266 g/mol. The number of hydrogen-bond donors (Lipinski definition) is 1. The van der Waals surface area contributed by atoms with Gasteiger partial charge >= 0.3 is 0 Å². The average molecular weight is 266 g/mol. The Morgan fingerprint density at radius 2 is 1.63 bits per heavy atom.